The summed E-state index contributed by atoms with van der Waals surface area (Å²) in [6.45, 7) is 4.62. The average molecular weight is 439 g/mol. The summed E-state index contributed by atoms with van der Waals surface area (Å²) in [6, 6.07) is 30.2. The molecule has 34 heavy (non-hydrogen) atoms. The van der Waals surface area contributed by atoms with Crippen molar-refractivity contribution in [3.63, 3.8) is 0 Å². The number of aromatic nitrogens is 4. The van der Waals surface area contributed by atoms with Gasteiger partial charge < -0.3 is 0 Å². The van der Waals surface area contributed by atoms with Gasteiger partial charge in [-0.05, 0) is 57.3 Å². The molecule has 4 aromatic carbocycles. The molecule has 0 bridgehead atoms. The molecule has 7 rings (SSSR count). The van der Waals surface area contributed by atoms with Gasteiger partial charge >= 0.3 is 0 Å². The van der Waals surface area contributed by atoms with Crippen LogP contribution in [-0.4, -0.2) is 19.5 Å². The lowest BCUT2D eigenvalue weighted by molar-refractivity contribution is 0.629. The second kappa shape index (κ2) is 6.84. The molecule has 0 radical (unpaired) electrons. The van der Waals surface area contributed by atoms with Gasteiger partial charge in [0.05, 0.1) is 16.7 Å². The van der Waals surface area contributed by atoms with Gasteiger partial charge in [-0.15, -0.1) is 0 Å². The average Bonchev–Trinajstić information content (AvgIpc) is 3.28. The predicted octanol–water partition coefficient (Wildman–Crippen LogP) is 6.94. The maximum absolute atomic E-state index is 4.98. The Morgan fingerprint density at radius 1 is 0.735 bits per heavy atom. The second-order valence-electron chi connectivity index (χ2n) is 9.40. The van der Waals surface area contributed by atoms with Crippen molar-refractivity contribution in [2.45, 2.75) is 19.3 Å². The Kier molecular flexibility index (Phi) is 3.86. The molecule has 0 N–H and O–H groups in total. The third-order valence-corrected chi connectivity index (χ3v) is 7.13. The Balaban J connectivity index is 1.54. The summed E-state index contributed by atoms with van der Waals surface area (Å²) in [6.07, 6.45) is 3.54. The second-order valence-corrected chi connectivity index (χ2v) is 9.40. The van der Waals surface area contributed by atoms with Crippen molar-refractivity contribution in [2.75, 3.05) is 0 Å². The van der Waals surface area contributed by atoms with Crippen molar-refractivity contribution in [1.82, 2.24) is 19.5 Å². The van der Waals surface area contributed by atoms with E-state index in [0.29, 0.717) is 5.82 Å². The fourth-order valence-corrected chi connectivity index (χ4v) is 5.45. The first-order valence-electron chi connectivity index (χ1n) is 11.6. The summed E-state index contributed by atoms with van der Waals surface area (Å²) in [4.78, 5) is 14.0. The minimum Gasteiger partial charge on any atom is -0.289 e. The molecule has 4 nitrogen and oxygen atoms in total. The van der Waals surface area contributed by atoms with E-state index in [1.165, 1.54) is 33.0 Å². The molecular weight excluding hydrogens is 416 g/mol. The molecule has 2 aromatic heterocycles. The number of hydrogen-bond donors (Lipinski definition) is 0. The summed E-state index contributed by atoms with van der Waals surface area (Å²) in [5, 5.41) is 2.52. The molecule has 162 valence electrons. The highest BCUT2D eigenvalue weighted by atomic mass is 15.1. The first-order chi connectivity index (χ1) is 16.6. The topological polar surface area (TPSA) is 43.6 Å². The van der Waals surface area contributed by atoms with E-state index >= 15 is 0 Å². The Labute approximate surface area is 197 Å². The van der Waals surface area contributed by atoms with E-state index in [2.05, 4.69) is 107 Å². The molecule has 4 heteroatoms. The number of imidazole rings is 1. The normalized spacial score (nSPS) is 13.8. The van der Waals surface area contributed by atoms with Gasteiger partial charge in [-0.1, -0.05) is 74.5 Å². The Morgan fingerprint density at radius 3 is 2.41 bits per heavy atom. The highest BCUT2D eigenvalue weighted by molar-refractivity contribution is 5.97. The molecule has 0 aliphatic carbocycles. The molecule has 0 spiro atoms. The fourth-order valence-electron chi connectivity index (χ4n) is 5.45. The molecule has 0 atom stereocenters. The van der Waals surface area contributed by atoms with E-state index < -0.39 is 0 Å². The van der Waals surface area contributed by atoms with E-state index in [4.69, 9.17) is 4.98 Å². The lowest BCUT2D eigenvalue weighted by Crippen LogP contribution is -2.26. The van der Waals surface area contributed by atoms with Gasteiger partial charge in [-0.25, -0.2) is 15.0 Å². The monoisotopic (exact) mass is 438 g/mol. The van der Waals surface area contributed by atoms with Crippen LogP contribution < -0.4 is 0 Å². The van der Waals surface area contributed by atoms with Gasteiger partial charge in [0, 0.05) is 17.8 Å². The van der Waals surface area contributed by atoms with Crippen LogP contribution in [0.25, 0.3) is 50.3 Å². The molecule has 0 saturated carbocycles. The van der Waals surface area contributed by atoms with Gasteiger partial charge in [-0.3, -0.25) is 4.57 Å². The van der Waals surface area contributed by atoms with Gasteiger partial charge in [0.1, 0.15) is 0 Å². The summed E-state index contributed by atoms with van der Waals surface area (Å²) in [7, 11) is 0. The van der Waals surface area contributed by atoms with Crippen LogP contribution in [0, 0.1) is 0 Å². The number of rotatable bonds is 2. The van der Waals surface area contributed by atoms with E-state index in [1.807, 2.05) is 6.07 Å². The quantitative estimate of drug-likeness (QED) is 0.294. The minimum atomic E-state index is -0.180. The van der Waals surface area contributed by atoms with E-state index in [0.717, 1.165) is 22.5 Å². The SMILES string of the molecule is CC1(C)c2cc(-c3cccc4ccccc34)ccc2-n2c(-c3ncccn3)nc3cccc1c32. The summed E-state index contributed by atoms with van der Waals surface area (Å²) < 4.78 is 2.24. The number of para-hydroxylation sites is 1. The lowest BCUT2D eigenvalue weighted by Gasteiger charge is -2.35. The van der Waals surface area contributed by atoms with Crippen LogP contribution in [0.4, 0.5) is 0 Å². The molecule has 0 fully saturated rings. The van der Waals surface area contributed by atoms with Gasteiger partial charge in [0.25, 0.3) is 0 Å². The van der Waals surface area contributed by atoms with Crippen LogP contribution in [0.5, 0.6) is 0 Å². The molecule has 6 aromatic rings. The zero-order chi connectivity index (χ0) is 22.9. The zero-order valence-corrected chi connectivity index (χ0v) is 19.0. The smallest absolute Gasteiger partial charge is 0.196 e. The first-order valence-corrected chi connectivity index (χ1v) is 11.6. The molecular formula is C30H22N4. The Hall–Kier alpha value is -4.31. The molecule has 0 saturated heterocycles. The Morgan fingerprint density at radius 2 is 1.53 bits per heavy atom. The van der Waals surface area contributed by atoms with Crippen molar-refractivity contribution in [2.24, 2.45) is 0 Å². The maximum Gasteiger partial charge on any atom is 0.196 e. The highest BCUT2D eigenvalue weighted by Crippen LogP contribution is 2.47. The van der Waals surface area contributed by atoms with E-state index in [1.54, 1.807) is 12.4 Å². The van der Waals surface area contributed by atoms with Gasteiger partial charge in [0.2, 0.25) is 0 Å². The minimum absolute atomic E-state index is 0.180. The summed E-state index contributed by atoms with van der Waals surface area (Å²) in [5.41, 5.74) is 8.07. The van der Waals surface area contributed by atoms with Crippen LogP contribution >= 0.6 is 0 Å². The van der Waals surface area contributed by atoms with Crippen LogP contribution in [0.3, 0.4) is 0 Å². The van der Waals surface area contributed by atoms with E-state index in [9.17, 15) is 0 Å². The number of nitrogens with zero attached hydrogens (tertiary/aromatic N) is 4. The van der Waals surface area contributed by atoms with Gasteiger partial charge in [0.15, 0.2) is 11.6 Å². The molecule has 3 heterocycles. The Bertz CT molecular complexity index is 1720. The highest BCUT2D eigenvalue weighted by Gasteiger charge is 2.36. The van der Waals surface area contributed by atoms with Crippen molar-refractivity contribution in [3.8, 4) is 28.5 Å². The summed E-state index contributed by atoms with van der Waals surface area (Å²) >= 11 is 0. The van der Waals surface area contributed by atoms with Crippen molar-refractivity contribution in [3.05, 3.63) is 108 Å². The molecule has 0 unspecified atom stereocenters. The zero-order valence-electron chi connectivity index (χ0n) is 19.0. The van der Waals surface area contributed by atoms with Crippen LogP contribution in [0.15, 0.2) is 97.3 Å². The third kappa shape index (κ3) is 2.57. The van der Waals surface area contributed by atoms with Crippen LogP contribution in [-0.2, 0) is 5.41 Å². The van der Waals surface area contributed by atoms with E-state index in [-0.39, 0.29) is 5.41 Å². The van der Waals surface area contributed by atoms with Crippen molar-refractivity contribution in [1.29, 1.82) is 0 Å². The number of benzene rings is 4. The van der Waals surface area contributed by atoms with Crippen LogP contribution in [0.2, 0.25) is 0 Å². The predicted molar refractivity (Wildman–Crippen MR) is 137 cm³/mol. The standard InChI is InChI=1S/C30H22N4/c1-30(2)23-12-6-13-25-27(23)34(29(33-25)28-31-16-7-17-32-28)26-15-14-20(18-24(26)30)22-11-5-9-19-8-3-4-10-21(19)22/h3-18H,1-2H3. The van der Waals surface area contributed by atoms with Crippen molar-refractivity contribution >= 4 is 21.8 Å². The number of hydrogen-bond acceptors (Lipinski definition) is 3. The van der Waals surface area contributed by atoms with Gasteiger partial charge in [-0.2, -0.15) is 0 Å². The maximum atomic E-state index is 4.98. The third-order valence-electron chi connectivity index (χ3n) is 7.13. The first kappa shape index (κ1) is 19.2. The molecule has 1 aliphatic heterocycles. The fraction of sp³-hybridized carbons (Fsp3) is 0.100. The van der Waals surface area contributed by atoms with Crippen molar-refractivity contribution < 1.29 is 0 Å². The number of fused-ring (bicyclic) bond motifs is 3. The molecule has 0 amide bonds. The lowest BCUT2D eigenvalue weighted by atomic mass is 9.74. The molecule has 1 aliphatic rings. The summed E-state index contributed by atoms with van der Waals surface area (Å²) in [5.74, 6) is 1.41. The van der Waals surface area contributed by atoms with Crippen LogP contribution in [0.1, 0.15) is 25.0 Å². The largest absolute Gasteiger partial charge is 0.289 e.